The van der Waals surface area contributed by atoms with E-state index in [0.29, 0.717) is 0 Å². The second-order valence-electron chi connectivity index (χ2n) is 5.56. The SMILES string of the molecule is CCCCCCCCCCCCC[As](CC)CC. The van der Waals surface area contributed by atoms with Crippen LogP contribution >= 0.6 is 0 Å². The van der Waals surface area contributed by atoms with Gasteiger partial charge in [0.2, 0.25) is 0 Å². The van der Waals surface area contributed by atoms with Crippen molar-refractivity contribution < 1.29 is 0 Å². The van der Waals surface area contributed by atoms with E-state index in [1.807, 2.05) is 0 Å². The first-order chi connectivity index (χ1) is 8.85. The molecule has 0 fully saturated rings. The molecule has 0 aliphatic rings. The molecule has 0 saturated carbocycles. The molecule has 0 N–H and O–H groups in total. The third-order valence-corrected chi connectivity index (χ3v) is 9.72. The summed E-state index contributed by atoms with van der Waals surface area (Å²) in [4.78, 5) is 0. The first-order valence-electron chi connectivity index (χ1n) is 8.57. The van der Waals surface area contributed by atoms with Gasteiger partial charge < -0.3 is 0 Å². The van der Waals surface area contributed by atoms with E-state index in [0.717, 1.165) is 0 Å². The Hall–Kier alpha value is 0.558. The van der Waals surface area contributed by atoms with Crippen molar-refractivity contribution in [1.82, 2.24) is 0 Å². The van der Waals surface area contributed by atoms with E-state index in [2.05, 4.69) is 20.8 Å². The van der Waals surface area contributed by atoms with E-state index in [9.17, 15) is 0 Å². The Morgan fingerprint density at radius 2 is 0.889 bits per heavy atom. The minimum absolute atomic E-state index is 0.337. The average Bonchev–Trinajstić information content (AvgIpc) is 2.40. The fraction of sp³-hybridized carbons (Fsp3) is 1.00. The Kier molecular flexibility index (Phi) is 16.1. The van der Waals surface area contributed by atoms with Gasteiger partial charge in [0.1, 0.15) is 0 Å². The van der Waals surface area contributed by atoms with Crippen LogP contribution in [0.15, 0.2) is 0 Å². The summed E-state index contributed by atoms with van der Waals surface area (Å²) in [5.41, 5.74) is 0. The van der Waals surface area contributed by atoms with Crippen LogP contribution < -0.4 is 0 Å². The van der Waals surface area contributed by atoms with Crippen molar-refractivity contribution in [2.45, 2.75) is 107 Å². The molecule has 18 heavy (non-hydrogen) atoms. The molecular formula is C17H37As. The van der Waals surface area contributed by atoms with Gasteiger partial charge in [-0.3, -0.25) is 0 Å². The molecule has 0 spiro atoms. The molecular weight excluding hydrogens is 279 g/mol. The zero-order valence-corrected chi connectivity index (χ0v) is 15.2. The molecule has 0 saturated heterocycles. The van der Waals surface area contributed by atoms with Crippen molar-refractivity contribution in [3.05, 3.63) is 0 Å². The van der Waals surface area contributed by atoms with Crippen LogP contribution in [0.4, 0.5) is 0 Å². The van der Waals surface area contributed by atoms with E-state index < -0.39 is 0 Å². The van der Waals surface area contributed by atoms with Crippen LogP contribution in [-0.2, 0) is 0 Å². The fourth-order valence-electron chi connectivity index (χ4n) is 2.54. The minimum atomic E-state index is -0.337. The third kappa shape index (κ3) is 13.0. The van der Waals surface area contributed by atoms with E-state index in [-0.39, 0.29) is 14.7 Å². The molecule has 0 atom stereocenters. The monoisotopic (exact) mass is 316 g/mol. The Bertz CT molecular complexity index is 141. The van der Waals surface area contributed by atoms with Gasteiger partial charge in [0.05, 0.1) is 0 Å². The van der Waals surface area contributed by atoms with Crippen molar-refractivity contribution in [2.24, 2.45) is 0 Å². The topological polar surface area (TPSA) is 0 Å². The maximum absolute atomic E-state index is 2.40. The third-order valence-electron chi connectivity index (χ3n) is 3.97. The van der Waals surface area contributed by atoms with Gasteiger partial charge in [-0.1, -0.05) is 6.92 Å². The number of hydrogen-bond acceptors (Lipinski definition) is 0. The maximum atomic E-state index is 2.40. The number of rotatable bonds is 14. The first kappa shape index (κ1) is 18.6. The van der Waals surface area contributed by atoms with Crippen LogP contribution in [0.5, 0.6) is 0 Å². The second-order valence-corrected chi connectivity index (χ2v) is 12.0. The van der Waals surface area contributed by atoms with Gasteiger partial charge in [0.15, 0.2) is 0 Å². The Morgan fingerprint density at radius 3 is 1.28 bits per heavy atom. The molecule has 0 nitrogen and oxygen atoms in total. The van der Waals surface area contributed by atoms with Gasteiger partial charge in [-0.2, -0.15) is 0 Å². The standard InChI is InChI=1S/C17H37As/c1-4-7-8-9-10-11-12-13-14-15-16-17-18(5-2)6-3/h4-17H2,1-3H3. The summed E-state index contributed by atoms with van der Waals surface area (Å²) in [5.74, 6) is 0. The van der Waals surface area contributed by atoms with Crippen LogP contribution in [-0.4, -0.2) is 14.7 Å². The fourth-order valence-corrected chi connectivity index (χ4v) is 6.21. The van der Waals surface area contributed by atoms with E-state index in [1.165, 1.54) is 81.0 Å². The summed E-state index contributed by atoms with van der Waals surface area (Å²) < 4.78 is 0. The number of hydrogen-bond donors (Lipinski definition) is 0. The molecule has 0 bridgehead atoms. The molecule has 0 aromatic rings. The van der Waals surface area contributed by atoms with E-state index in [1.54, 1.807) is 5.21 Å². The molecule has 0 aliphatic carbocycles. The van der Waals surface area contributed by atoms with Gasteiger partial charge in [-0.15, -0.1) is 0 Å². The summed E-state index contributed by atoms with van der Waals surface area (Å²) >= 11 is -0.337. The van der Waals surface area contributed by atoms with Gasteiger partial charge >= 0.3 is 115 Å². The van der Waals surface area contributed by atoms with Crippen molar-refractivity contribution in [1.29, 1.82) is 0 Å². The molecule has 0 aromatic carbocycles. The zero-order valence-electron chi connectivity index (χ0n) is 13.3. The van der Waals surface area contributed by atoms with Crippen molar-refractivity contribution in [3.63, 3.8) is 0 Å². The van der Waals surface area contributed by atoms with Gasteiger partial charge in [-0.25, -0.2) is 0 Å². The molecule has 0 rings (SSSR count). The van der Waals surface area contributed by atoms with Crippen molar-refractivity contribution >= 4 is 14.7 Å². The van der Waals surface area contributed by atoms with Crippen LogP contribution in [0.1, 0.15) is 91.4 Å². The van der Waals surface area contributed by atoms with E-state index >= 15 is 0 Å². The first-order valence-corrected chi connectivity index (χ1v) is 12.6. The van der Waals surface area contributed by atoms with Crippen LogP contribution in [0.2, 0.25) is 15.6 Å². The van der Waals surface area contributed by atoms with Crippen molar-refractivity contribution in [2.75, 3.05) is 0 Å². The molecule has 1 heteroatoms. The average molecular weight is 316 g/mol. The molecule has 0 aliphatic heterocycles. The van der Waals surface area contributed by atoms with Crippen LogP contribution in [0.3, 0.4) is 0 Å². The molecule has 0 amide bonds. The summed E-state index contributed by atoms with van der Waals surface area (Å²) in [5, 5.41) is 4.68. The summed E-state index contributed by atoms with van der Waals surface area (Å²) in [6, 6.07) is 0. The Balaban J connectivity index is 3.03. The van der Waals surface area contributed by atoms with Gasteiger partial charge in [0.25, 0.3) is 0 Å². The second kappa shape index (κ2) is 15.6. The van der Waals surface area contributed by atoms with Crippen LogP contribution in [0.25, 0.3) is 0 Å². The summed E-state index contributed by atoms with van der Waals surface area (Å²) in [6.07, 6.45) is 16.3. The molecule has 0 unspecified atom stereocenters. The molecule has 0 heterocycles. The normalized spacial score (nSPS) is 11.3. The van der Waals surface area contributed by atoms with E-state index in [4.69, 9.17) is 0 Å². The van der Waals surface area contributed by atoms with Gasteiger partial charge in [0, 0.05) is 0 Å². The summed E-state index contributed by atoms with van der Waals surface area (Å²) in [6.45, 7) is 7.11. The zero-order chi connectivity index (χ0) is 13.5. The van der Waals surface area contributed by atoms with Gasteiger partial charge in [-0.05, 0) is 0 Å². The summed E-state index contributed by atoms with van der Waals surface area (Å²) in [7, 11) is 0. The Labute approximate surface area is 122 Å². The number of unbranched alkanes of at least 4 members (excludes halogenated alkanes) is 10. The quantitative estimate of drug-likeness (QED) is 0.243. The predicted molar refractivity (Wildman–Crippen MR) is 88.0 cm³/mol. The van der Waals surface area contributed by atoms with Crippen molar-refractivity contribution in [3.8, 4) is 0 Å². The van der Waals surface area contributed by atoms with Crippen LogP contribution in [0, 0.1) is 0 Å². The Morgan fingerprint density at radius 1 is 0.500 bits per heavy atom. The molecule has 0 radical (unpaired) electrons. The molecule has 110 valence electrons. The predicted octanol–water partition coefficient (Wildman–Crippen LogP) is 6.83. The molecule has 0 aromatic heterocycles.